The number of β-lactam (4-membered cyclic amide) rings is 1. The van der Waals surface area contributed by atoms with E-state index in [9.17, 15) is 22.8 Å². The summed E-state index contributed by atoms with van der Waals surface area (Å²) >= 11 is 1.29. The van der Waals surface area contributed by atoms with E-state index in [-0.39, 0.29) is 13.4 Å². The largest absolute Gasteiger partial charge is 0.460 e. The SMILES string of the molecule is COCOC(=O)[C@@H]1N2C(=O)[C@@H](NS(=O)(=O)CC(=O)OCc3ccccc3)[C@H]2SC1(C)C. The number of sulfonamides is 1. The maximum absolute atomic E-state index is 12.6. The van der Waals surface area contributed by atoms with E-state index >= 15 is 0 Å². The van der Waals surface area contributed by atoms with Crippen LogP contribution in [0.1, 0.15) is 19.4 Å². The Morgan fingerprint density at radius 2 is 1.87 bits per heavy atom. The molecule has 1 aromatic carbocycles. The zero-order valence-corrected chi connectivity index (χ0v) is 18.9. The molecule has 2 aliphatic heterocycles. The molecule has 1 aromatic rings. The summed E-state index contributed by atoms with van der Waals surface area (Å²) in [4.78, 5) is 38.3. The first-order valence-corrected chi connectivity index (χ1v) is 11.9. The summed E-state index contributed by atoms with van der Waals surface area (Å²) in [5.41, 5.74) is 0.724. The number of ether oxygens (including phenoxy) is 3. The fraction of sp³-hybridized carbons (Fsp3) is 0.526. The van der Waals surface area contributed by atoms with Gasteiger partial charge in [-0.2, -0.15) is 4.72 Å². The summed E-state index contributed by atoms with van der Waals surface area (Å²) in [6, 6.07) is 6.90. The summed E-state index contributed by atoms with van der Waals surface area (Å²) in [5.74, 6) is -3.02. The molecule has 1 amide bonds. The van der Waals surface area contributed by atoms with Gasteiger partial charge in [0.25, 0.3) is 0 Å². The number of methoxy groups -OCH3 is 1. The van der Waals surface area contributed by atoms with Crippen LogP contribution in [0.15, 0.2) is 30.3 Å². The third-order valence-corrected chi connectivity index (χ3v) is 7.64. The fourth-order valence-corrected chi connectivity index (χ4v) is 6.27. The number of thioether (sulfide) groups is 1. The first-order valence-electron chi connectivity index (χ1n) is 9.41. The van der Waals surface area contributed by atoms with Crippen molar-refractivity contribution >= 4 is 39.6 Å². The van der Waals surface area contributed by atoms with Crippen LogP contribution in [0.4, 0.5) is 0 Å². The molecule has 0 saturated carbocycles. The van der Waals surface area contributed by atoms with Crippen molar-refractivity contribution < 1.29 is 37.0 Å². The molecule has 1 N–H and O–H groups in total. The van der Waals surface area contributed by atoms with E-state index in [2.05, 4.69) is 4.72 Å². The molecular formula is C19H24N2O8S2. The van der Waals surface area contributed by atoms with Crippen LogP contribution >= 0.6 is 11.8 Å². The average molecular weight is 473 g/mol. The minimum absolute atomic E-state index is 0.0523. The minimum atomic E-state index is -4.13. The number of fused-ring (bicyclic) bond motifs is 1. The van der Waals surface area contributed by atoms with Gasteiger partial charge < -0.3 is 19.1 Å². The number of hydrogen-bond donors (Lipinski definition) is 1. The molecule has 2 heterocycles. The molecule has 2 aliphatic rings. The normalized spacial score (nSPS) is 24.3. The number of rotatable bonds is 9. The fourth-order valence-electron chi connectivity index (χ4n) is 3.47. The first kappa shape index (κ1) is 23.5. The van der Waals surface area contributed by atoms with Crippen LogP contribution in [0.2, 0.25) is 0 Å². The zero-order valence-electron chi connectivity index (χ0n) is 17.3. The standard InChI is InChI=1S/C19H24N2O8S2/c1-19(2)15(18(24)29-11-27-3)21-16(23)14(17(21)30-19)20-31(25,26)10-13(22)28-9-12-7-5-4-6-8-12/h4-8,14-15,17,20H,9-11H2,1-3H3/t14-,15+,17-/m1/s1. The molecule has 0 aromatic heterocycles. The molecule has 2 saturated heterocycles. The number of esters is 2. The third-order valence-electron chi connectivity index (χ3n) is 4.84. The minimum Gasteiger partial charge on any atom is -0.460 e. The number of amides is 1. The van der Waals surface area contributed by atoms with Crippen LogP contribution in [0.5, 0.6) is 0 Å². The summed E-state index contributed by atoms with van der Waals surface area (Å²) in [5, 5.41) is -0.585. The Balaban J connectivity index is 1.58. The van der Waals surface area contributed by atoms with E-state index in [4.69, 9.17) is 14.2 Å². The number of benzene rings is 1. The van der Waals surface area contributed by atoms with Crippen molar-refractivity contribution in [3.8, 4) is 0 Å². The molecular weight excluding hydrogens is 448 g/mol. The molecule has 3 rings (SSSR count). The number of nitrogens with one attached hydrogen (secondary N) is 1. The van der Waals surface area contributed by atoms with E-state index in [1.165, 1.54) is 23.8 Å². The predicted molar refractivity (Wildman–Crippen MR) is 111 cm³/mol. The second-order valence-electron chi connectivity index (χ2n) is 7.63. The van der Waals surface area contributed by atoms with Crippen molar-refractivity contribution in [1.82, 2.24) is 9.62 Å². The van der Waals surface area contributed by atoms with E-state index < -0.39 is 55.8 Å². The van der Waals surface area contributed by atoms with Crippen LogP contribution < -0.4 is 4.72 Å². The van der Waals surface area contributed by atoms with Gasteiger partial charge >= 0.3 is 11.9 Å². The molecule has 12 heteroatoms. The van der Waals surface area contributed by atoms with Crippen LogP contribution in [-0.2, 0) is 45.2 Å². The van der Waals surface area contributed by atoms with E-state index in [1.54, 1.807) is 38.1 Å². The highest BCUT2D eigenvalue weighted by Gasteiger charge is 2.64. The molecule has 0 bridgehead atoms. The van der Waals surface area contributed by atoms with Crippen molar-refractivity contribution in [2.45, 2.75) is 42.7 Å². The van der Waals surface area contributed by atoms with Crippen molar-refractivity contribution in [1.29, 1.82) is 0 Å². The van der Waals surface area contributed by atoms with Gasteiger partial charge in [-0.05, 0) is 19.4 Å². The van der Waals surface area contributed by atoms with Crippen molar-refractivity contribution in [3.05, 3.63) is 35.9 Å². The van der Waals surface area contributed by atoms with Crippen molar-refractivity contribution in [2.24, 2.45) is 0 Å². The summed E-state index contributed by atoms with van der Waals surface area (Å²) < 4.78 is 41.1. The summed E-state index contributed by atoms with van der Waals surface area (Å²) in [7, 11) is -2.76. The van der Waals surface area contributed by atoms with E-state index in [0.717, 1.165) is 5.56 Å². The Morgan fingerprint density at radius 1 is 1.19 bits per heavy atom. The van der Waals surface area contributed by atoms with Gasteiger partial charge in [-0.25, -0.2) is 13.2 Å². The maximum atomic E-state index is 12.6. The van der Waals surface area contributed by atoms with E-state index in [1.807, 2.05) is 6.07 Å². The topological polar surface area (TPSA) is 128 Å². The highest BCUT2D eigenvalue weighted by Crippen LogP contribution is 2.51. The summed E-state index contributed by atoms with van der Waals surface area (Å²) in [6.45, 7) is 3.25. The molecule has 170 valence electrons. The molecule has 0 radical (unpaired) electrons. The molecule has 3 atom stereocenters. The average Bonchev–Trinajstić information content (AvgIpc) is 2.97. The molecule has 31 heavy (non-hydrogen) atoms. The Kier molecular flexibility index (Phi) is 6.94. The Morgan fingerprint density at radius 3 is 2.52 bits per heavy atom. The van der Waals surface area contributed by atoms with Crippen LogP contribution in [0.3, 0.4) is 0 Å². The highest BCUT2D eigenvalue weighted by molar-refractivity contribution is 8.01. The highest BCUT2D eigenvalue weighted by atomic mass is 32.2. The lowest BCUT2D eigenvalue weighted by atomic mass is 9.96. The number of carbonyl (C=O) groups excluding carboxylic acids is 3. The van der Waals surface area contributed by atoms with Gasteiger partial charge in [-0.3, -0.25) is 9.59 Å². The Bertz CT molecular complexity index is 951. The van der Waals surface area contributed by atoms with Crippen molar-refractivity contribution in [2.75, 3.05) is 19.7 Å². The maximum Gasteiger partial charge on any atom is 0.332 e. The molecule has 0 unspecified atom stereocenters. The number of nitrogens with zero attached hydrogens (tertiary/aromatic N) is 1. The number of hydrogen-bond acceptors (Lipinski definition) is 9. The van der Waals surface area contributed by atoms with Gasteiger partial charge in [0.2, 0.25) is 15.9 Å². The molecule has 10 nitrogen and oxygen atoms in total. The van der Waals surface area contributed by atoms with Gasteiger partial charge in [0, 0.05) is 11.9 Å². The smallest absolute Gasteiger partial charge is 0.332 e. The van der Waals surface area contributed by atoms with E-state index in [0.29, 0.717) is 0 Å². The molecule has 0 spiro atoms. The van der Waals surface area contributed by atoms with Crippen molar-refractivity contribution in [3.63, 3.8) is 0 Å². The first-order chi connectivity index (χ1) is 14.6. The second-order valence-corrected chi connectivity index (χ2v) is 11.2. The monoisotopic (exact) mass is 472 g/mol. The molecule has 2 fully saturated rings. The lowest BCUT2D eigenvalue weighted by molar-refractivity contribution is -0.170. The zero-order chi connectivity index (χ0) is 22.8. The van der Waals surface area contributed by atoms with Crippen LogP contribution in [-0.4, -0.2) is 73.0 Å². The van der Waals surface area contributed by atoms with Crippen LogP contribution in [0.25, 0.3) is 0 Å². The van der Waals surface area contributed by atoms with Gasteiger partial charge in [0.05, 0.1) is 0 Å². The van der Waals surface area contributed by atoms with Gasteiger partial charge in [0.1, 0.15) is 24.1 Å². The van der Waals surface area contributed by atoms with Gasteiger partial charge in [-0.15, -0.1) is 11.8 Å². The number of carbonyl (C=O) groups is 3. The summed E-state index contributed by atoms with van der Waals surface area (Å²) in [6.07, 6.45) is 0. The Hall–Kier alpha value is -2.15. The Labute approximate surface area is 184 Å². The van der Waals surface area contributed by atoms with Crippen LogP contribution in [0, 0.1) is 0 Å². The lowest BCUT2D eigenvalue weighted by Gasteiger charge is -2.43. The molecule has 0 aliphatic carbocycles. The van der Waals surface area contributed by atoms with Gasteiger partial charge in [0.15, 0.2) is 12.5 Å². The van der Waals surface area contributed by atoms with Gasteiger partial charge in [-0.1, -0.05) is 30.3 Å². The quantitative estimate of drug-likeness (QED) is 0.305. The second kappa shape index (κ2) is 9.15. The predicted octanol–water partition coefficient (Wildman–Crippen LogP) is 0.227. The third kappa shape index (κ3) is 5.20. The lowest BCUT2D eigenvalue weighted by Crippen LogP contribution is -2.70.